The van der Waals surface area contributed by atoms with Crippen LogP contribution in [0.3, 0.4) is 0 Å². The van der Waals surface area contributed by atoms with Crippen LogP contribution in [0.25, 0.3) is 0 Å². The normalized spacial score (nSPS) is 22.2. The first-order valence-electron chi connectivity index (χ1n) is 11.7. The summed E-state index contributed by atoms with van der Waals surface area (Å²) in [7, 11) is -3.69. The molecule has 0 bridgehead atoms. The summed E-state index contributed by atoms with van der Waals surface area (Å²) in [6.07, 6.45) is 3.76. The van der Waals surface area contributed by atoms with E-state index in [1.54, 1.807) is 24.3 Å². The van der Waals surface area contributed by atoms with Crippen molar-refractivity contribution in [3.05, 3.63) is 54.0 Å². The summed E-state index contributed by atoms with van der Waals surface area (Å²) < 4.78 is 46.9. The monoisotopic (exact) mass is 490 g/mol. The van der Waals surface area contributed by atoms with Gasteiger partial charge in [0, 0.05) is 31.2 Å². The van der Waals surface area contributed by atoms with Crippen molar-refractivity contribution in [1.29, 1.82) is 0 Å². The molecule has 184 valence electrons. The second kappa shape index (κ2) is 10.8. The van der Waals surface area contributed by atoms with Crippen molar-refractivity contribution < 1.29 is 22.3 Å². The summed E-state index contributed by atoms with van der Waals surface area (Å²) in [4.78, 5) is 19.2. The molecule has 1 atom stereocenters. The van der Waals surface area contributed by atoms with Crippen molar-refractivity contribution in [3.8, 4) is 0 Å². The van der Waals surface area contributed by atoms with Gasteiger partial charge in [0.15, 0.2) is 0 Å². The number of benzene rings is 1. The van der Waals surface area contributed by atoms with E-state index < -0.39 is 10.0 Å². The number of halogens is 1. The Bertz CT molecular complexity index is 1070. The smallest absolute Gasteiger partial charge is 0.242 e. The number of hydrogen-bond acceptors (Lipinski definition) is 6. The summed E-state index contributed by atoms with van der Waals surface area (Å²) in [5, 5.41) is 2.99. The maximum absolute atomic E-state index is 13.1. The Morgan fingerprint density at radius 2 is 1.76 bits per heavy atom. The molecule has 10 heteroatoms. The van der Waals surface area contributed by atoms with Gasteiger partial charge in [0.25, 0.3) is 0 Å². The van der Waals surface area contributed by atoms with Gasteiger partial charge in [0.2, 0.25) is 15.9 Å². The molecule has 2 fully saturated rings. The maximum Gasteiger partial charge on any atom is 0.242 e. The lowest BCUT2D eigenvalue weighted by molar-refractivity contribution is -0.126. The first-order chi connectivity index (χ1) is 16.3. The zero-order valence-corrected chi connectivity index (χ0v) is 20.1. The number of pyridine rings is 1. The quantitative estimate of drug-likeness (QED) is 0.619. The zero-order valence-electron chi connectivity index (χ0n) is 19.2. The van der Waals surface area contributed by atoms with E-state index in [1.165, 1.54) is 18.3 Å². The van der Waals surface area contributed by atoms with Crippen LogP contribution in [0.5, 0.6) is 0 Å². The fraction of sp³-hybridized carbons (Fsp3) is 0.500. The van der Waals surface area contributed by atoms with Crippen LogP contribution < -0.4 is 14.9 Å². The van der Waals surface area contributed by atoms with E-state index in [2.05, 4.69) is 19.9 Å². The number of nitrogens with zero attached hydrogens (tertiary/aromatic N) is 2. The number of sulfonamides is 1. The molecule has 1 saturated heterocycles. The third kappa shape index (κ3) is 6.11. The predicted octanol–water partition coefficient (Wildman–Crippen LogP) is 2.77. The minimum Gasteiger partial charge on any atom is -0.378 e. The summed E-state index contributed by atoms with van der Waals surface area (Å²) in [5.41, 5.74) is 0.837. The highest BCUT2D eigenvalue weighted by Gasteiger charge is 2.30. The van der Waals surface area contributed by atoms with E-state index in [0.29, 0.717) is 38.9 Å². The van der Waals surface area contributed by atoms with E-state index in [4.69, 9.17) is 4.74 Å². The largest absolute Gasteiger partial charge is 0.378 e. The van der Waals surface area contributed by atoms with Crippen LogP contribution in [-0.2, 0) is 19.6 Å². The van der Waals surface area contributed by atoms with Gasteiger partial charge in [-0.1, -0.05) is 12.1 Å². The van der Waals surface area contributed by atoms with E-state index in [-0.39, 0.29) is 34.6 Å². The molecule has 8 nitrogen and oxygen atoms in total. The van der Waals surface area contributed by atoms with Crippen molar-refractivity contribution in [2.45, 2.75) is 49.6 Å². The number of carbonyl (C=O) groups is 1. The van der Waals surface area contributed by atoms with Crippen LogP contribution >= 0.6 is 0 Å². The maximum atomic E-state index is 13.1. The van der Waals surface area contributed by atoms with E-state index in [0.717, 1.165) is 24.5 Å². The van der Waals surface area contributed by atoms with Gasteiger partial charge in [-0.25, -0.2) is 22.5 Å². The first kappa shape index (κ1) is 24.6. The molecule has 1 aromatic carbocycles. The van der Waals surface area contributed by atoms with Gasteiger partial charge < -0.3 is 15.0 Å². The molecule has 4 rings (SSSR count). The van der Waals surface area contributed by atoms with Crippen LogP contribution in [0.15, 0.2) is 47.5 Å². The Morgan fingerprint density at radius 3 is 2.38 bits per heavy atom. The molecule has 1 aliphatic heterocycles. The summed E-state index contributed by atoms with van der Waals surface area (Å²) in [6, 6.07) is 8.93. The van der Waals surface area contributed by atoms with Crippen molar-refractivity contribution in [3.63, 3.8) is 0 Å². The van der Waals surface area contributed by atoms with Crippen molar-refractivity contribution >= 4 is 21.7 Å². The predicted molar refractivity (Wildman–Crippen MR) is 126 cm³/mol. The highest BCUT2D eigenvalue weighted by Crippen LogP contribution is 2.27. The molecule has 0 spiro atoms. The third-order valence-corrected chi connectivity index (χ3v) is 8.02. The number of nitrogens with one attached hydrogen (secondary N) is 2. The Morgan fingerprint density at radius 1 is 1.09 bits per heavy atom. The van der Waals surface area contributed by atoms with Crippen molar-refractivity contribution in [2.75, 3.05) is 31.2 Å². The number of ether oxygens (including phenoxy) is 1. The number of rotatable bonds is 7. The summed E-state index contributed by atoms with van der Waals surface area (Å²) in [5.74, 6) is 0.203. The Labute approximate surface area is 200 Å². The minimum atomic E-state index is -3.69. The number of aromatic nitrogens is 1. The number of amides is 1. The topological polar surface area (TPSA) is 101 Å². The number of hydrogen-bond donors (Lipinski definition) is 2. The van der Waals surface area contributed by atoms with Crippen LogP contribution in [0, 0.1) is 11.7 Å². The van der Waals surface area contributed by atoms with Crippen LogP contribution in [0.4, 0.5) is 10.2 Å². The van der Waals surface area contributed by atoms with Gasteiger partial charge in [-0.2, -0.15) is 0 Å². The molecule has 1 amide bonds. The molecule has 34 heavy (non-hydrogen) atoms. The summed E-state index contributed by atoms with van der Waals surface area (Å²) >= 11 is 0. The molecule has 2 aromatic rings. The minimum absolute atomic E-state index is 0.0546. The van der Waals surface area contributed by atoms with E-state index in [1.807, 2.05) is 6.92 Å². The SMILES string of the molecule is C[C@@H](NC(=O)[C@H]1CC[C@H](NS(=O)(=O)c2ccc(N3CCOCC3)nc2)CC1)c1ccc(F)cc1. The molecule has 1 saturated carbocycles. The number of morpholine rings is 1. The number of carbonyl (C=O) groups excluding carboxylic acids is 1. The van der Waals surface area contributed by atoms with Crippen LogP contribution in [0.1, 0.15) is 44.2 Å². The average Bonchev–Trinajstić information content (AvgIpc) is 2.85. The molecule has 2 aliphatic rings. The van der Waals surface area contributed by atoms with Gasteiger partial charge >= 0.3 is 0 Å². The lowest BCUT2D eigenvalue weighted by Crippen LogP contribution is -2.41. The second-order valence-corrected chi connectivity index (χ2v) is 10.6. The molecule has 0 unspecified atom stereocenters. The van der Waals surface area contributed by atoms with E-state index in [9.17, 15) is 17.6 Å². The van der Waals surface area contributed by atoms with Gasteiger partial charge in [-0.05, 0) is 62.4 Å². The van der Waals surface area contributed by atoms with Gasteiger partial charge in [-0.15, -0.1) is 0 Å². The average molecular weight is 491 g/mol. The highest BCUT2D eigenvalue weighted by atomic mass is 32.2. The lowest BCUT2D eigenvalue weighted by Gasteiger charge is -2.29. The molecule has 1 aliphatic carbocycles. The highest BCUT2D eigenvalue weighted by molar-refractivity contribution is 7.89. The van der Waals surface area contributed by atoms with E-state index >= 15 is 0 Å². The molecule has 2 N–H and O–H groups in total. The van der Waals surface area contributed by atoms with Crippen molar-refractivity contribution in [2.24, 2.45) is 5.92 Å². The fourth-order valence-corrected chi connectivity index (χ4v) is 5.69. The zero-order chi connectivity index (χ0) is 24.1. The van der Waals surface area contributed by atoms with Gasteiger partial charge in [0.1, 0.15) is 16.5 Å². The molecule has 0 radical (unpaired) electrons. The lowest BCUT2D eigenvalue weighted by atomic mass is 9.85. The molecule has 2 heterocycles. The third-order valence-electron chi connectivity index (χ3n) is 6.51. The number of anilines is 1. The molecular formula is C24H31FN4O4S. The second-order valence-electron chi connectivity index (χ2n) is 8.90. The van der Waals surface area contributed by atoms with Crippen LogP contribution in [0.2, 0.25) is 0 Å². The fourth-order valence-electron chi connectivity index (χ4n) is 4.44. The Balaban J connectivity index is 1.27. The first-order valence-corrected chi connectivity index (χ1v) is 13.2. The molecule has 1 aromatic heterocycles. The Hall–Kier alpha value is -2.56. The standard InChI is InChI=1S/C24H31FN4O4S/c1-17(18-2-6-20(25)7-3-18)27-24(30)19-4-8-21(9-5-19)28-34(31,32)22-10-11-23(26-16-22)29-12-14-33-15-13-29/h2-3,6-7,10-11,16-17,19,21,28H,4-5,8-9,12-15H2,1H3,(H,27,30)/t17-,19-,21-/m1/s1. The van der Waals surface area contributed by atoms with Gasteiger partial charge in [-0.3, -0.25) is 4.79 Å². The van der Waals surface area contributed by atoms with Gasteiger partial charge in [0.05, 0.1) is 19.3 Å². The van der Waals surface area contributed by atoms with Crippen LogP contribution in [-0.4, -0.2) is 51.7 Å². The Kier molecular flexibility index (Phi) is 7.80. The summed E-state index contributed by atoms with van der Waals surface area (Å²) in [6.45, 7) is 4.60. The van der Waals surface area contributed by atoms with Crippen molar-refractivity contribution in [1.82, 2.24) is 15.0 Å². The molecular weight excluding hydrogens is 459 g/mol.